The van der Waals surface area contributed by atoms with Crippen LogP contribution < -0.4 is 5.32 Å². The SMILES string of the molecule is O=C(Cn1nc(C(F)(F)F)c2c1CCCC2)N[C@H](Cc1cc(F)cc(F)c1)c1ncncc1-c1ccc(Cl)cc1. The van der Waals surface area contributed by atoms with Gasteiger partial charge in [0.25, 0.3) is 0 Å². The van der Waals surface area contributed by atoms with Gasteiger partial charge < -0.3 is 5.32 Å². The highest BCUT2D eigenvalue weighted by Crippen LogP contribution is 2.36. The first-order valence-electron chi connectivity index (χ1n) is 12.5. The summed E-state index contributed by atoms with van der Waals surface area (Å²) in [5.41, 5.74) is 1.37. The van der Waals surface area contributed by atoms with Crippen molar-refractivity contribution in [2.24, 2.45) is 0 Å². The lowest BCUT2D eigenvalue weighted by Crippen LogP contribution is -2.34. The standard InChI is InChI=1S/C28H23ClF5N5O/c29-18-7-5-17(6-8-18)22-13-35-15-36-26(22)23(11-16-9-19(30)12-20(31)10-16)37-25(40)14-39-24-4-2-1-3-21(24)27(38-39)28(32,33)34/h5-10,12-13,15,23H,1-4,11,14H2,(H,37,40)/t23-/m1/s1. The fraction of sp³-hybridized carbons (Fsp3) is 0.286. The third kappa shape index (κ3) is 6.14. The molecule has 0 saturated carbocycles. The number of hydrogen-bond donors (Lipinski definition) is 1. The number of carbonyl (C=O) groups excluding carboxylic acids is 1. The van der Waals surface area contributed by atoms with Crippen molar-refractivity contribution < 1.29 is 26.7 Å². The van der Waals surface area contributed by atoms with E-state index in [2.05, 4.69) is 20.4 Å². The van der Waals surface area contributed by atoms with Gasteiger partial charge in [-0.3, -0.25) is 9.48 Å². The largest absolute Gasteiger partial charge is 0.435 e. The molecule has 12 heteroatoms. The topological polar surface area (TPSA) is 72.7 Å². The monoisotopic (exact) mass is 575 g/mol. The third-order valence-corrected chi connectivity index (χ3v) is 7.00. The Bertz CT molecular complexity index is 1520. The molecule has 0 spiro atoms. The van der Waals surface area contributed by atoms with Gasteiger partial charge in [0.05, 0.1) is 11.7 Å². The average molecular weight is 576 g/mol. The molecule has 0 fully saturated rings. The van der Waals surface area contributed by atoms with Gasteiger partial charge in [0.15, 0.2) is 5.69 Å². The van der Waals surface area contributed by atoms with Gasteiger partial charge in [0, 0.05) is 34.1 Å². The molecule has 1 amide bonds. The maximum absolute atomic E-state index is 14.0. The number of benzene rings is 2. The van der Waals surface area contributed by atoms with Crippen molar-refractivity contribution in [3.63, 3.8) is 0 Å². The zero-order valence-electron chi connectivity index (χ0n) is 21.0. The fourth-order valence-electron chi connectivity index (χ4n) is 5.05. The number of nitrogens with zero attached hydrogens (tertiary/aromatic N) is 4. The lowest BCUT2D eigenvalue weighted by molar-refractivity contribution is -0.142. The van der Waals surface area contributed by atoms with E-state index in [1.165, 1.54) is 12.5 Å². The number of carbonyl (C=O) groups is 1. The third-order valence-electron chi connectivity index (χ3n) is 6.74. The number of amides is 1. The highest BCUT2D eigenvalue weighted by Gasteiger charge is 2.39. The minimum atomic E-state index is -4.64. The molecule has 0 bridgehead atoms. The van der Waals surface area contributed by atoms with Gasteiger partial charge in [0.1, 0.15) is 24.5 Å². The summed E-state index contributed by atoms with van der Waals surface area (Å²) in [6, 6.07) is 8.93. The second-order valence-corrected chi connectivity index (χ2v) is 10.0. The van der Waals surface area contributed by atoms with E-state index in [0.29, 0.717) is 46.8 Å². The van der Waals surface area contributed by atoms with Crippen molar-refractivity contribution in [3.8, 4) is 11.1 Å². The van der Waals surface area contributed by atoms with Crippen LogP contribution in [0, 0.1) is 11.6 Å². The van der Waals surface area contributed by atoms with Gasteiger partial charge in [-0.15, -0.1) is 0 Å². The number of alkyl halides is 3. The van der Waals surface area contributed by atoms with Crippen LogP contribution in [0.2, 0.25) is 5.02 Å². The van der Waals surface area contributed by atoms with Crippen LogP contribution in [0.1, 0.15) is 47.1 Å². The van der Waals surface area contributed by atoms with Gasteiger partial charge in [-0.2, -0.15) is 18.3 Å². The fourth-order valence-corrected chi connectivity index (χ4v) is 5.18. The Morgan fingerprint density at radius 2 is 1.75 bits per heavy atom. The summed E-state index contributed by atoms with van der Waals surface area (Å²) in [6.45, 7) is -0.464. The maximum atomic E-state index is 14.0. The molecule has 0 aliphatic heterocycles. The summed E-state index contributed by atoms with van der Waals surface area (Å²) < 4.78 is 70.0. The Labute approximate surface area is 231 Å². The predicted octanol–water partition coefficient (Wildman–Crippen LogP) is 6.27. The Hall–Kier alpha value is -3.86. The van der Waals surface area contributed by atoms with Gasteiger partial charge >= 0.3 is 6.18 Å². The first-order chi connectivity index (χ1) is 19.1. The van der Waals surface area contributed by atoms with Gasteiger partial charge in [-0.1, -0.05) is 23.7 Å². The lowest BCUT2D eigenvalue weighted by Gasteiger charge is -2.22. The molecule has 5 rings (SSSR count). The highest BCUT2D eigenvalue weighted by molar-refractivity contribution is 6.30. The van der Waals surface area contributed by atoms with E-state index in [1.807, 2.05) is 0 Å². The van der Waals surface area contributed by atoms with Crippen molar-refractivity contribution in [1.29, 1.82) is 0 Å². The molecule has 6 nitrogen and oxygen atoms in total. The zero-order valence-corrected chi connectivity index (χ0v) is 21.7. The Morgan fingerprint density at radius 1 is 1.05 bits per heavy atom. The summed E-state index contributed by atoms with van der Waals surface area (Å²) in [5.74, 6) is -2.21. The molecule has 2 heterocycles. The lowest BCUT2D eigenvalue weighted by atomic mass is 9.95. The van der Waals surface area contributed by atoms with Gasteiger partial charge in [0.2, 0.25) is 5.91 Å². The molecule has 1 aliphatic rings. The van der Waals surface area contributed by atoms with Crippen LogP contribution in [-0.2, 0) is 36.8 Å². The molecule has 1 N–H and O–H groups in total. The molecule has 0 unspecified atom stereocenters. The van der Waals surface area contributed by atoms with Crippen LogP contribution >= 0.6 is 11.6 Å². The number of fused-ring (bicyclic) bond motifs is 1. The average Bonchev–Trinajstić information content (AvgIpc) is 3.27. The second kappa shape index (κ2) is 11.3. The highest BCUT2D eigenvalue weighted by atomic mass is 35.5. The van der Waals surface area contributed by atoms with Crippen LogP contribution in [0.3, 0.4) is 0 Å². The van der Waals surface area contributed by atoms with Crippen LogP contribution in [0.4, 0.5) is 22.0 Å². The second-order valence-electron chi connectivity index (χ2n) is 9.57. The number of rotatable bonds is 7. The molecule has 0 radical (unpaired) electrons. The summed E-state index contributed by atoms with van der Waals surface area (Å²) in [7, 11) is 0. The first kappa shape index (κ1) is 27.7. The molecule has 1 atom stereocenters. The smallest absolute Gasteiger partial charge is 0.346 e. The normalized spacial score (nSPS) is 14.1. The summed E-state index contributed by atoms with van der Waals surface area (Å²) in [5, 5.41) is 7.06. The number of hydrogen-bond acceptors (Lipinski definition) is 4. The molecule has 0 saturated heterocycles. The van der Waals surface area contributed by atoms with E-state index in [-0.39, 0.29) is 24.0 Å². The Kier molecular flexibility index (Phi) is 7.84. The quantitative estimate of drug-likeness (QED) is 0.264. The Balaban J connectivity index is 1.49. The summed E-state index contributed by atoms with van der Waals surface area (Å²) >= 11 is 6.03. The molecule has 2 aromatic heterocycles. The van der Waals surface area contributed by atoms with Crippen molar-refractivity contribution >= 4 is 17.5 Å². The van der Waals surface area contributed by atoms with E-state index >= 15 is 0 Å². The van der Waals surface area contributed by atoms with Gasteiger partial charge in [-0.05, 0) is 67.5 Å². The van der Waals surface area contributed by atoms with E-state index in [9.17, 15) is 26.7 Å². The van der Waals surface area contributed by atoms with Crippen LogP contribution in [0.5, 0.6) is 0 Å². The number of nitrogens with one attached hydrogen (secondary N) is 1. The van der Waals surface area contributed by atoms with Crippen molar-refractivity contribution in [2.45, 2.75) is 50.9 Å². The van der Waals surface area contributed by atoms with E-state index in [1.54, 1.807) is 24.3 Å². The van der Waals surface area contributed by atoms with Gasteiger partial charge in [-0.25, -0.2) is 18.7 Å². The molecule has 2 aromatic carbocycles. The summed E-state index contributed by atoms with van der Waals surface area (Å²) in [6.07, 6.45) is 0.0496. The van der Waals surface area contributed by atoms with Crippen LogP contribution in [-0.4, -0.2) is 25.7 Å². The van der Waals surface area contributed by atoms with Crippen LogP contribution in [0.25, 0.3) is 11.1 Å². The number of aromatic nitrogens is 4. The van der Waals surface area contributed by atoms with Crippen LogP contribution in [0.15, 0.2) is 55.0 Å². The van der Waals surface area contributed by atoms with E-state index < -0.39 is 42.0 Å². The summed E-state index contributed by atoms with van der Waals surface area (Å²) in [4.78, 5) is 21.7. The first-order valence-corrected chi connectivity index (χ1v) is 12.9. The zero-order chi connectivity index (χ0) is 28.4. The van der Waals surface area contributed by atoms with Crippen molar-refractivity contribution in [3.05, 3.63) is 99.9 Å². The van der Waals surface area contributed by atoms with Crippen molar-refractivity contribution in [2.75, 3.05) is 0 Å². The van der Waals surface area contributed by atoms with E-state index in [4.69, 9.17) is 11.6 Å². The number of halogens is 6. The molecule has 40 heavy (non-hydrogen) atoms. The predicted molar refractivity (Wildman–Crippen MR) is 137 cm³/mol. The van der Waals surface area contributed by atoms with Crippen molar-refractivity contribution in [1.82, 2.24) is 25.1 Å². The van der Waals surface area contributed by atoms with E-state index in [0.717, 1.165) is 22.9 Å². The molecule has 4 aromatic rings. The maximum Gasteiger partial charge on any atom is 0.435 e. The minimum absolute atomic E-state index is 0.0525. The molecule has 1 aliphatic carbocycles. The molecule has 208 valence electrons. The molecular weight excluding hydrogens is 553 g/mol. The minimum Gasteiger partial charge on any atom is -0.346 e. The molecular formula is C28H23ClF5N5O. The Morgan fingerprint density at radius 3 is 2.45 bits per heavy atom.